The Morgan fingerprint density at radius 1 is 1.00 bits per heavy atom. The SMILES string of the molecule is CNc1ccc2cc(-c3nnsc3-c3ccccc3NC)c(=O)oc2c1. The van der Waals surface area contributed by atoms with Gasteiger partial charge in [0.15, 0.2) is 0 Å². The summed E-state index contributed by atoms with van der Waals surface area (Å²) in [5, 5.41) is 11.2. The van der Waals surface area contributed by atoms with Crippen LogP contribution in [0.5, 0.6) is 0 Å². The van der Waals surface area contributed by atoms with Gasteiger partial charge in [0.25, 0.3) is 0 Å². The lowest BCUT2D eigenvalue weighted by Gasteiger charge is -2.08. The highest BCUT2D eigenvalue weighted by Gasteiger charge is 2.19. The van der Waals surface area contributed by atoms with Gasteiger partial charge in [-0.25, -0.2) is 4.79 Å². The van der Waals surface area contributed by atoms with Gasteiger partial charge >= 0.3 is 5.63 Å². The zero-order valence-electron chi connectivity index (χ0n) is 14.2. The highest BCUT2D eigenvalue weighted by Crippen LogP contribution is 2.37. The summed E-state index contributed by atoms with van der Waals surface area (Å²) in [6.45, 7) is 0. The molecule has 0 aliphatic heterocycles. The molecule has 130 valence electrons. The molecule has 0 spiro atoms. The summed E-state index contributed by atoms with van der Waals surface area (Å²) in [5.74, 6) is 0. The van der Waals surface area contributed by atoms with E-state index in [9.17, 15) is 4.79 Å². The van der Waals surface area contributed by atoms with E-state index in [2.05, 4.69) is 20.2 Å². The number of hydrogen-bond donors (Lipinski definition) is 2. The minimum atomic E-state index is -0.429. The Morgan fingerprint density at radius 2 is 1.85 bits per heavy atom. The molecule has 2 N–H and O–H groups in total. The van der Waals surface area contributed by atoms with Crippen LogP contribution in [0.25, 0.3) is 32.7 Å². The number of nitrogens with one attached hydrogen (secondary N) is 2. The Bertz CT molecular complexity index is 1150. The molecule has 0 fully saturated rings. The predicted molar refractivity (Wildman–Crippen MR) is 106 cm³/mol. The molecule has 7 heteroatoms. The molecule has 0 bridgehead atoms. The van der Waals surface area contributed by atoms with Crippen LogP contribution in [0.15, 0.2) is 57.7 Å². The van der Waals surface area contributed by atoms with Gasteiger partial charge in [-0.3, -0.25) is 0 Å². The Morgan fingerprint density at radius 3 is 2.65 bits per heavy atom. The van der Waals surface area contributed by atoms with Crippen molar-refractivity contribution in [3.8, 4) is 21.7 Å². The molecule has 2 heterocycles. The summed E-state index contributed by atoms with van der Waals surface area (Å²) in [7, 11) is 3.68. The maximum Gasteiger partial charge on any atom is 0.345 e. The van der Waals surface area contributed by atoms with E-state index in [0.717, 1.165) is 27.2 Å². The fraction of sp³-hybridized carbons (Fsp3) is 0.105. The maximum absolute atomic E-state index is 12.6. The van der Waals surface area contributed by atoms with Crippen LogP contribution in [0, 0.1) is 0 Å². The third kappa shape index (κ3) is 2.72. The standard InChI is InChI=1S/C19H16N4O2S/c1-20-12-8-7-11-9-14(19(24)25-16(11)10-12)17-18(26-23-22-17)13-5-3-4-6-15(13)21-2/h3-10,20-21H,1-2H3. The van der Waals surface area contributed by atoms with E-state index in [4.69, 9.17) is 4.42 Å². The lowest BCUT2D eigenvalue weighted by atomic mass is 10.1. The third-order valence-electron chi connectivity index (χ3n) is 4.21. The summed E-state index contributed by atoms with van der Waals surface area (Å²) in [6, 6.07) is 15.3. The van der Waals surface area contributed by atoms with Crippen LogP contribution in [0.2, 0.25) is 0 Å². The Labute approximate surface area is 153 Å². The summed E-state index contributed by atoms with van der Waals surface area (Å²) in [4.78, 5) is 13.4. The van der Waals surface area contributed by atoms with E-state index >= 15 is 0 Å². The molecule has 0 aliphatic carbocycles. The lowest BCUT2D eigenvalue weighted by Crippen LogP contribution is -2.04. The number of fused-ring (bicyclic) bond motifs is 1. The topological polar surface area (TPSA) is 80.0 Å². The number of para-hydroxylation sites is 1. The first-order chi connectivity index (χ1) is 12.7. The van der Waals surface area contributed by atoms with Gasteiger partial charge in [0.2, 0.25) is 0 Å². The largest absolute Gasteiger partial charge is 0.422 e. The van der Waals surface area contributed by atoms with Gasteiger partial charge in [0, 0.05) is 42.5 Å². The zero-order chi connectivity index (χ0) is 18.1. The van der Waals surface area contributed by atoms with E-state index in [1.165, 1.54) is 11.5 Å². The van der Waals surface area contributed by atoms with Crippen LogP contribution < -0.4 is 16.3 Å². The van der Waals surface area contributed by atoms with Crippen molar-refractivity contribution in [1.82, 2.24) is 9.59 Å². The second-order valence-electron chi connectivity index (χ2n) is 5.70. The molecule has 2 aromatic heterocycles. The van der Waals surface area contributed by atoms with E-state index in [0.29, 0.717) is 16.8 Å². The van der Waals surface area contributed by atoms with Gasteiger partial charge in [-0.05, 0) is 35.8 Å². The molecule has 4 aromatic rings. The first-order valence-corrected chi connectivity index (χ1v) is 8.84. The molecule has 0 saturated heterocycles. The van der Waals surface area contributed by atoms with Crippen molar-refractivity contribution in [2.75, 3.05) is 24.7 Å². The average molecular weight is 364 g/mol. The lowest BCUT2D eigenvalue weighted by molar-refractivity contribution is 0.563. The number of rotatable bonds is 4. The summed E-state index contributed by atoms with van der Waals surface area (Å²) < 4.78 is 9.60. The fourth-order valence-electron chi connectivity index (χ4n) is 2.87. The molecule has 0 unspecified atom stereocenters. The van der Waals surface area contributed by atoms with E-state index in [-0.39, 0.29) is 0 Å². The van der Waals surface area contributed by atoms with Gasteiger partial charge in [-0.15, -0.1) is 5.10 Å². The minimum Gasteiger partial charge on any atom is -0.422 e. The second-order valence-corrected chi connectivity index (χ2v) is 6.45. The Hall–Kier alpha value is -3.19. The van der Waals surface area contributed by atoms with Crippen LogP contribution in [0.4, 0.5) is 11.4 Å². The van der Waals surface area contributed by atoms with Crippen molar-refractivity contribution in [3.05, 3.63) is 59.0 Å². The van der Waals surface area contributed by atoms with Crippen molar-refractivity contribution < 1.29 is 4.42 Å². The smallest absolute Gasteiger partial charge is 0.345 e. The molecular weight excluding hydrogens is 348 g/mol. The molecule has 2 aromatic carbocycles. The van der Waals surface area contributed by atoms with Gasteiger partial charge in [-0.2, -0.15) is 0 Å². The van der Waals surface area contributed by atoms with Gasteiger partial charge < -0.3 is 15.1 Å². The van der Waals surface area contributed by atoms with Crippen LogP contribution >= 0.6 is 11.5 Å². The van der Waals surface area contributed by atoms with Crippen molar-refractivity contribution >= 4 is 33.9 Å². The number of anilines is 2. The Balaban J connectivity index is 1.91. The quantitative estimate of drug-likeness (QED) is 0.532. The zero-order valence-corrected chi connectivity index (χ0v) is 15.1. The average Bonchev–Trinajstić information content (AvgIpc) is 3.16. The molecule has 0 saturated carbocycles. The Kier molecular flexibility index (Phi) is 4.14. The predicted octanol–water partition coefficient (Wildman–Crippen LogP) is 4.06. The summed E-state index contributed by atoms with van der Waals surface area (Å²) >= 11 is 1.26. The van der Waals surface area contributed by atoms with Gasteiger partial charge in [0.05, 0.1) is 10.4 Å². The highest BCUT2D eigenvalue weighted by molar-refractivity contribution is 7.10. The molecule has 4 rings (SSSR count). The summed E-state index contributed by atoms with van der Waals surface area (Å²) in [5.41, 5.74) is 3.82. The van der Waals surface area contributed by atoms with Crippen LogP contribution in [0.3, 0.4) is 0 Å². The molecular formula is C19H16N4O2S. The fourth-order valence-corrected chi connectivity index (χ4v) is 3.59. The number of benzene rings is 2. The molecule has 0 amide bonds. The molecule has 0 radical (unpaired) electrons. The maximum atomic E-state index is 12.6. The van der Waals surface area contributed by atoms with Crippen molar-refractivity contribution in [2.45, 2.75) is 0 Å². The summed E-state index contributed by atoms with van der Waals surface area (Å²) in [6.07, 6.45) is 0. The number of nitrogens with zero attached hydrogens (tertiary/aromatic N) is 2. The minimum absolute atomic E-state index is 0.407. The molecule has 6 nitrogen and oxygen atoms in total. The van der Waals surface area contributed by atoms with Crippen LogP contribution in [-0.2, 0) is 0 Å². The van der Waals surface area contributed by atoms with Crippen LogP contribution in [-0.4, -0.2) is 23.7 Å². The number of hydrogen-bond acceptors (Lipinski definition) is 7. The van der Waals surface area contributed by atoms with Crippen LogP contribution in [0.1, 0.15) is 0 Å². The third-order valence-corrected chi connectivity index (χ3v) is 4.97. The first-order valence-electron chi connectivity index (χ1n) is 8.07. The normalized spacial score (nSPS) is 10.8. The first kappa shape index (κ1) is 16.3. The van der Waals surface area contributed by atoms with Gasteiger partial charge in [-0.1, -0.05) is 22.7 Å². The van der Waals surface area contributed by atoms with Crippen molar-refractivity contribution in [1.29, 1.82) is 0 Å². The van der Waals surface area contributed by atoms with E-state index in [1.807, 2.05) is 56.6 Å². The molecule has 26 heavy (non-hydrogen) atoms. The number of aromatic nitrogens is 2. The van der Waals surface area contributed by atoms with E-state index in [1.54, 1.807) is 6.07 Å². The van der Waals surface area contributed by atoms with Crippen molar-refractivity contribution in [3.63, 3.8) is 0 Å². The molecule has 0 atom stereocenters. The second kappa shape index (κ2) is 6.61. The highest BCUT2D eigenvalue weighted by atomic mass is 32.1. The molecule has 0 aliphatic rings. The van der Waals surface area contributed by atoms with Crippen molar-refractivity contribution in [2.24, 2.45) is 0 Å². The monoisotopic (exact) mass is 364 g/mol. The van der Waals surface area contributed by atoms with Gasteiger partial charge in [0.1, 0.15) is 11.3 Å². The van der Waals surface area contributed by atoms with E-state index < -0.39 is 5.63 Å².